The van der Waals surface area contributed by atoms with Crippen LogP contribution >= 0.6 is 0 Å². The number of aromatic nitrogens is 2. The van der Waals surface area contributed by atoms with E-state index in [1.807, 2.05) is 0 Å². The van der Waals surface area contributed by atoms with E-state index < -0.39 is 10.0 Å². The quantitative estimate of drug-likeness (QED) is 0.727. The molecule has 0 aliphatic carbocycles. The van der Waals surface area contributed by atoms with Crippen molar-refractivity contribution in [2.75, 3.05) is 32.9 Å². The maximum atomic E-state index is 12.5. The normalized spacial score (nSPS) is 17.3. The zero-order chi connectivity index (χ0) is 15.5. The van der Waals surface area contributed by atoms with E-state index in [0.29, 0.717) is 50.7 Å². The van der Waals surface area contributed by atoms with Crippen molar-refractivity contribution in [3.63, 3.8) is 0 Å². The third-order valence-corrected chi connectivity index (χ3v) is 5.00. The first-order valence-electron chi connectivity index (χ1n) is 6.95. The van der Waals surface area contributed by atoms with Gasteiger partial charge in [-0.15, -0.1) is 4.83 Å². The van der Waals surface area contributed by atoms with Crippen LogP contribution in [-0.4, -0.2) is 61.2 Å². The fourth-order valence-corrected chi connectivity index (χ4v) is 3.92. The number of nitrogens with zero attached hydrogens (tertiary/aromatic N) is 3. The molecule has 1 fully saturated rings. The van der Waals surface area contributed by atoms with Gasteiger partial charge in [-0.3, -0.25) is 4.68 Å². The van der Waals surface area contributed by atoms with E-state index in [0.717, 1.165) is 0 Å². The molecule has 1 aromatic rings. The molecule has 0 saturated carbocycles. The van der Waals surface area contributed by atoms with E-state index in [1.165, 1.54) is 0 Å². The predicted molar refractivity (Wildman–Crippen MR) is 76.1 cm³/mol. The van der Waals surface area contributed by atoms with Gasteiger partial charge in [-0.05, 0) is 20.3 Å². The first-order chi connectivity index (χ1) is 9.95. The van der Waals surface area contributed by atoms with Crippen LogP contribution in [0.15, 0.2) is 4.90 Å². The van der Waals surface area contributed by atoms with E-state index in [2.05, 4.69) is 9.93 Å². The third-order valence-electron chi connectivity index (χ3n) is 3.37. The number of rotatable bonds is 6. The summed E-state index contributed by atoms with van der Waals surface area (Å²) in [6.07, 6.45) is 0.540. The van der Waals surface area contributed by atoms with Gasteiger partial charge in [0, 0.05) is 26.2 Å². The van der Waals surface area contributed by atoms with Crippen LogP contribution in [0.2, 0.25) is 0 Å². The van der Waals surface area contributed by atoms with Crippen molar-refractivity contribution in [1.82, 2.24) is 19.6 Å². The molecule has 0 unspecified atom stereocenters. The van der Waals surface area contributed by atoms with Crippen molar-refractivity contribution in [2.45, 2.75) is 31.7 Å². The molecule has 1 saturated heterocycles. The topological polar surface area (TPSA) is 96.7 Å². The van der Waals surface area contributed by atoms with E-state index in [-0.39, 0.29) is 11.5 Å². The highest BCUT2D eigenvalue weighted by Crippen LogP contribution is 2.19. The average molecular weight is 318 g/mol. The molecule has 0 radical (unpaired) electrons. The molecule has 0 atom stereocenters. The van der Waals surface area contributed by atoms with E-state index in [4.69, 9.17) is 9.84 Å². The molecule has 2 N–H and O–H groups in total. The van der Waals surface area contributed by atoms with Gasteiger partial charge in [-0.25, -0.2) is 13.4 Å². The lowest BCUT2D eigenvalue weighted by molar-refractivity contribution is 0.0272. The number of ether oxygens (including phenoxy) is 1. The Kier molecular flexibility index (Phi) is 5.33. The highest BCUT2D eigenvalue weighted by Gasteiger charge is 2.27. The molecule has 1 aliphatic rings. The summed E-state index contributed by atoms with van der Waals surface area (Å²) in [5.74, 6) is 0. The number of nitrogens with one attached hydrogen (secondary N) is 1. The molecule has 2 rings (SSSR count). The summed E-state index contributed by atoms with van der Waals surface area (Å²) < 4.78 is 31.9. The standard InChI is InChI=1S/C12H22N4O4S/c1-10-12(11(2)16(13-10)4-3-7-17)21(18,19)14-15-5-8-20-9-6-15/h14,17H,3-9H2,1-2H3. The summed E-state index contributed by atoms with van der Waals surface area (Å²) in [7, 11) is -3.65. The van der Waals surface area contributed by atoms with Crippen LogP contribution in [0.4, 0.5) is 0 Å². The van der Waals surface area contributed by atoms with Crippen LogP contribution in [0.1, 0.15) is 17.8 Å². The Morgan fingerprint density at radius 1 is 1.33 bits per heavy atom. The predicted octanol–water partition coefficient (Wildman–Crippen LogP) is -0.592. The lowest BCUT2D eigenvalue weighted by Crippen LogP contribution is -2.48. The Labute approximate surface area is 124 Å². The maximum absolute atomic E-state index is 12.5. The van der Waals surface area contributed by atoms with Gasteiger partial charge in [0.15, 0.2) is 0 Å². The molecular formula is C12H22N4O4S. The van der Waals surface area contributed by atoms with Gasteiger partial charge in [-0.2, -0.15) is 5.10 Å². The monoisotopic (exact) mass is 318 g/mol. The van der Waals surface area contributed by atoms with Crippen LogP contribution in [-0.2, 0) is 21.3 Å². The Morgan fingerprint density at radius 3 is 2.62 bits per heavy atom. The van der Waals surface area contributed by atoms with Gasteiger partial charge in [0.1, 0.15) is 4.90 Å². The van der Waals surface area contributed by atoms with Crippen molar-refractivity contribution in [1.29, 1.82) is 0 Å². The van der Waals surface area contributed by atoms with Crippen LogP contribution < -0.4 is 4.83 Å². The first-order valence-corrected chi connectivity index (χ1v) is 8.44. The van der Waals surface area contributed by atoms with Gasteiger partial charge in [0.2, 0.25) is 0 Å². The fourth-order valence-electron chi connectivity index (χ4n) is 2.38. The molecule has 1 aromatic heterocycles. The van der Waals surface area contributed by atoms with Gasteiger partial charge in [0.25, 0.3) is 10.0 Å². The van der Waals surface area contributed by atoms with Gasteiger partial charge >= 0.3 is 0 Å². The fraction of sp³-hybridized carbons (Fsp3) is 0.750. The van der Waals surface area contributed by atoms with Crippen LogP contribution in [0.3, 0.4) is 0 Å². The van der Waals surface area contributed by atoms with Gasteiger partial charge in [0.05, 0.1) is 24.6 Å². The minimum atomic E-state index is -3.65. The van der Waals surface area contributed by atoms with Crippen molar-refractivity contribution >= 4 is 10.0 Å². The summed E-state index contributed by atoms with van der Waals surface area (Å²) >= 11 is 0. The van der Waals surface area contributed by atoms with E-state index in [1.54, 1.807) is 23.5 Å². The molecule has 0 spiro atoms. The smallest absolute Gasteiger partial charge is 0.257 e. The van der Waals surface area contributed by atoms with Gasteiger partial charge < -0.3 is 9.84 Å². The zero-order valence-electron chi connectivity index (χ0n) is 12.4. The highest BCUT2D eigenvalue weighted by molar-refractivity contribution is 7.89. The molecule has 2 heterocycles. The molecule has 0 amide bonds. The average Bonchev–Trinajstić information content (AvgIpc) is 2.72. The van der Waals surface area contributed by atoms with Crippen molar-refractivity contribution in [3.8, 4) is 0 Å². The van der Waals surface area contributed by atoms with Crippen molar-refractivity contribution < 1.29 is 18.3 Å². The molecule has 21 heavy (non-hydrogen) atoms. The number of aryl methyl sites for hydroxylation is 2. The largest absolute Gasteiger partial charge is 0.396 e. The number of morpholine rings is 1. The highest BCUT2D eigenvalue weighted by atomic mass is 32.2. The second kappa shape index (κ2) is 6.84. The molecule has 1 aliphatic heterocycles. The summed E-state index contributed by atoms with van der Waals surface area (Å²) in [4.78, 5) is 2.80. The summed E-state index contributed by atoms with van der Waals surface area (Å²) in [5, 5.41) is 14.8. The van der Waals surface area contributed by atoms with Crippen LogP contribution in [0.5, 0.6) is 0 Å². The Morgan fingerprint density at radius 2 is 2.00 bits per heavy atom. The Balaban J connectivity index is 2.20. The summed E-state index contributed by atoms with van der Waals surface area (Å²) in [5.41, 5.74) is 1.05. The number of hydrogen-bond donors (Lipinski definition) is 2. The van der Waals surface area contributed by atoms with Crippen molar-refractivity contribution in [2.24, 2.45) is 0 Å². The minimum Gasteiger partial charge on any atom is -0.396 e. The molecular weight excluding hydrogens is 296 g/mol. The molecule has 120 valence electrons. The minimum absolute atomic E-state index is 0.0481. The molecule has 0 aromatic carbocycles. The lowest BCUT2D eigenvalue weighted by Gasteiger charge is -2.26. The lowest BCUT2D eigenvalue weighted by atomic mass is 10.4. The van der Waals surface area contributed by atoms with Crippen LogP contribution in [0.25, 0.3) is 0 Å². The maximum Gasteiger partial charge on any atom is 0.257 e. The van der Waals surface area contributed by atoms with E-state index >= 15 is 0 Å². The Bertz CT molecular complexity index is 578. The SMILES string of the molecule is Cc1nn(CCCO)c(C)c1S(=O)(=O)NN1CCOCC1. The number of sulfonamides is 1. The summed E-state index contributed by atoms with van der Waals surface area (Å²) in [6, 6.07) is 0. The van der Waals surface area contributed by atoms with Crippen LogP contribution in [0, 0.1) is 13.8 Å². The van der Waals surface area contributed by atoms with Gasteiger partial charge in [-0.1, -0.05) is 0 Å². The molecule has 9 heteroatoms. The molecule has 0 bridgehead atoms. The zero-order valence-corrected chi connectivity index (χ0v) is 13.2. The number of aliphatic hydroxyl groups excluding tert-OH is 1. The number of aliphatic hydroxyl groups is 1. The second-order valence-corrected chi connectivity index (χ2v) is 6.59. The molecule has 8 nitrogen and oxygen atoms in total. The Hall–Kier alpha value is -1.00. The second-order valence-electron chi connectivity index (χ2n) is 4.99. The summed E-state index contributed by atoms with van der Waals surface area (Å²) in [6.45, 7) is 6.02. The third kappa shape index (κ3) is 3.80. The van der Waals surface area contributed by atoms with Crippen molar-refractivity contribution in [3.05, 3.63) is 11.4 Å². The number of hydrazine groups is 1. The first kappa shape index (κ1) is 16.4. The number of hydrogen-bond acceptors (Lipinski definition) is 6. The van der Waals surface area contributed by atoms with E-state index in [9.17, 15) is 8.42 Å².